The summed E-state index contributed by atoms with van der Waals surface area (Å²) in [5, 5.41) is 14.3. The van der Waals surface area contributed by atoms with Crippen molar-refractivity contribution >= 4 is 22.9 Å². The average Bonchev–Trinajstić information content (AvgIpc) is 3.11. The lowest BCUT2D eigenvalue weighted by molar-refractivity contribution is 0.641. The van der Waals surface area contributed by atoms with Crippen LogP contribution in [-0.4, -0.2) is 29.8 Å². The predicted molar refractivity (Wildman–Crippen MR) is 76.3 cm³/mol. The maximum atomic E-state index is 5.81. The third-order valence-electron chi connectivity index (χ3n) is 2.92. The quantitative estimate of drug-likeness (QED) is 0.784. The van der Waals surface area contributed by atoms with Gasteiger partial charge in [0.05, 0.1) is 30.3 Å². The van der Waals surface area contributed by atoms with Crippen molar-refractivity contribution in [1.82, 2.24) is 29.8 Å². The van der Waals surface area contributed by atoms with Gasteiger partial charge in [0, 0.05) is 24.5 Å². The predicted octanol–water partition coefficient (Wildman–Crippen LogP) is 1.30. The van der Waals surface area contributed by atoms with Crippen molar-refractivity contribution in [3.8, 4) is 11.3 Å². The second-order valence-corrected chi connectivity index (χ2v) is 5.67. The lowest BCUT2D eigenvalue weighted by atomic mass is 10.2. The first-order valence-electron chi connectivity index (χ1n) is 5.88. The summed E-state index contributed by atoms with van der Waals surface area (Å²) in [4.78, 5) is 4.18. The first-order chi connectivity index (χ1) is 9.67. The first kappa shape index (κ1) is 13.2. The fraction of sp³-hybridized carbons (Fsp3) is 0.273. The minimum Gasteiger partial charge on any atom is -0.325 e. The molecule has 104 valence electrons. The van der Waals surface area contributed by atoms with E-state index in [4.69, 9.17) is 17.3 Å². The molecule has 0 spiro atoms. The van der Waals surface area contributed by atoms with Crippen LogP contribution in [0.15, 0.2) is 17.8 Å². The topological polar surface area (TPSA) is 87.4 Å². The van der Waals surface area contributed by atoms with Gasteiger partial charge in [-0.05, 0) is 0 Å². The minimum atomic E-state index is 0.403. The lowest BCUT2D eigenvalue weighted by Crippen LogP contribution is -2.05. The molecule has 0 amide bonds. The van der Waals surface area contributed by atoms with Crippen LogP contribution >= 0.6 is 22.9 Å². The molecule has 20 heavy (non-hydrogen) atoms. The van der Waals surface area contributed by atoms with Gasteiger partial charge in [0.15, 0.2) is 4.47 Å². The summed E-state index contributed by atoms with van der Waals surface area (Å²) in [6.45, 7) is 0.939. The number of aromatic nitrogens is 6. The summed E-state index contributed by atoms with van der Waals surface area (Å²) < 4.78 is 3.99. The van der Waals surface area contributed by atoms with Gasteiger partial charge in [0.2, 0.25) is 0 Å². The fourth-order valence-corrected chi connectivity index (χ4v) is 2.71. The molecule has 0 aliphatic carbocycles. The smallest absolute Gasteiger partial charge is 0.183 e. The molecule has 3 aromatic heterocycles. The molecule has 3 rings (SSSR count). The number of nitrogens with two attached hydrogens (primary N) is 1. The Bertz CT molecular complexity index is 729. The van der Waals surface area contributed by atoms with Crippen molar-refractivity contribution < 1.29 is 0 Å². The van der Waals surface area contributed by atoms with Gasteiger partial charge in [-0.25, -0.2) is 9.67 Å². The number of halogens is 1. The molecule has 2 N–H and O–H groups in total. The van der Waals surface area contributed by atoms with Crippen molar-refractivity contribution in [2.45, 2.75) is 13.1 Å². The van der Waals surface area contributed by atoms with E-state index in [0.717, 1.165) is 22.6 Å². The summed E-state index contributed by atoms with van der Waals surface area (Å²) in [7, 11) is 1.85. The van der Waals surface area contributed by atoms with Gasteiger partial charge in [0.25, 0.3) is 0 Å². The molecule has 0 aliphatic heterocycles. The second-order valence-electron chi connectivity index (χ2n) is 4.23. The molecule has 9 heteroatoms. The van der Waals surface area contributed by atoms with Crippen LogP contribution in [0.1, 0.15) is 11.4 Å². The molecule has 0 fully saturated rings. The largest absolute Gasteiger partial charge is 0.325 e. The van der Waals surface area contributed by atoms with E-state index < -0.39 is 0 Å². The minimum absolute atomic E-state index is 0.403. The molecule has 0 atom stereocenters. The number of aryl methyl sites for hydroxylation is 1. The molecular formula is C11H12ClN7S. The standard InChI is InChI=1S/C11H12ClN7S/c1-18-10(2-13)8(3-14-18)9-5-19(17-16-9)4-7-6-20-11(12)15-7/h3,5-6H,2,4,13H2,1H3. The zero-order valence-corrected chi connectivity index (χ0v) is 12.3. The molecule has 0 radical (unpaired) electrons. The van der Waals surface area contributed by atoms with Gasteiger partial charge in [0.1, 0.15) is 5.69 Å². The number of rotatable bonds is 4. The summed E-state index contributed by atoms with van der Waals surface area (Å²) in [5.74, 6) is 0. The Hall–Kier alpha value is -1.77. The molecule has 0 aliphatic rings. The monoisotopic (exact) mass is 309 g/mol. The van der Waals surface area contributed by atoms with Crippen LogP contribution < -0.4 is 5.73 Å². The zero-order chi connectivity index (χ0) is 14.1. The van der Waals surface area contributed by atoms with E-state index in [1.165, 1.54) is 11.3 Å². The highest BCUT2D eigenvalue weighted by molar-refractivity contribution is 7.13. The van der Waals surface area contributed by atoms with Crippen LogP contribution in [0.2, 0.25) is 4.47 Å². The summed E-state index contributed by atoms with van der Waals surface area (Å²) in [6, 6.07) is 0. The van der Waals surface area contributed by atoms with Crippen LogP contribution in [0.3, 0.4) is 0 Å². The number of thiazole rings is 1. The number of nitrogens with zero attached hydrogens (tertiary/aromatic N) is 6. The van der Waals surface area contributed by atoms with E-state index in [1.807, 2.05) is 18.6 Å². The summed E-state index contributed by atoms with van der Waals surface area (Å²) >= 11 is 7.21. The molecule has 0 saturated heterocycles. The summed E-state index contributed by atoms with van der Waals surface area (Å²) in [6.07, 6.45) is 3.60. The van der Waals surface area contributed by atoms with E-state index >= 15 is 0 Å². The van der Waals surface area contributed by atoms with Gasteiger partial charge in [-0.15, -0.1) is 16.4 Å². The maximum Gasteiger partial charge on any atom is 0.183 e. The Labute approximate surface area is 124 Å². The Morgan fingerprint density at radius 1 is 1.45 bits per heavy atom. The van der Waals surface area contributed by atoms with Gasteiger partial charge in [-0.3, -0.25) is 4.68 Å². The van der Waals surface area contributed by atoms with Crippen molar-refractivity contribution in [1.29, 1.82) is 0 Å². The summed E-state index contributed by atoms with van der Waals surface area (Å²) in [5.41, 5.74) is 9.17. The highest BCUT2D eigenvalue weighted by Crippen LogP contribution is 2.21. The average molecular weight is 310 g/mol. The Kier molecular flexibility index (Phi) is 3.51. The second kappa shape index (κ2) is 5.31. The van der Waals surface area contributed by atoms with E-state index in [1.54, 1.807) is 15.6 Å². The first-order valence-corrected chi connectivity index (χ1v) is 7.14. The number of hydrogen-bond acceptors (Lipinski definition) is 6. The normalized spacial score (nSPS) is 11.2. The third-order valence-corrected chi connectivity index (χ3v) is 3.94. The molecule has 0 aromatic carbocycles. The third kappa shape index (κ3) is 2.45. The van der Waals surface area contributed by atoms with E-state index in [2.05, 4.69) is 20.4 Å². The highest BCUT2D eigenvalue weighted by atomic mass is 35.5. The molecule has 3 aromatic rings. The van der Waals surface area contributed by atoms with E-state index in [-0.39, 0.29) is 0 Å². The Morgan fingerprint density at radius 3 is 3.00 bits per heavy atom. The molecule has 7 nitrogen and oxygen atoms in total. The molecular weight excluding hydrogens is 298 g/mol. The number of hydrogen-bond donors (Lipinski definition) is 1. The van der Waals surface area contributed by atoms with Crippen molar-refractivity contribution in [2.24, 2.45) is 12.8 Å². The highest BCUT2D eigenvalue weighted by Gasteiger charge is 2.13. The molecule has 0 saturated carbocycles. The van der Waals surface area contributed by atoms with E-state index in [9.17, 15) is 0 Å². The van der Waals surface area contributed by atoms with Crippen LogP contribution in [0.5, 0.6) is 0 Å². The lowest BCUT2D eigenvalue weighted by Gasteiger charge is -1.99. The Balaban J connectivity index is 1.86. The van der Waals surface area contributed by atoms with Crippen LogP contribution in [0.25, 0.3) is 11.3 Å². The Morgan fingerprint density at radius 2 is 2.30 bits per heavy atom. The molecule has 3 heterocycles. The zero-order valence-electron chi connectivity index (χ0n) is 10.7. The van der Waals surface area contributed by atoms with Crippen LogP contribution in [0, 0.1) is 0 Å². The van der Waals surface area contributed by atoms with Crippen LogP contribution in [0.4, 0.5) is 0 Å². The van der Waals surface area contributed by atoms with Crippen molar-refractivity contribution in [3.63, 3.8) is 0 Å². The van der Waals surface area contributed by atoms with Crippen molar-refractivity contribution in [2.75, 3.05) is 0 Å². The maximum absolute atomic E-state index is 5.81. The van der Waals surface area contributed by atoms with Gasteiger partial charge in [-0.2, -0.15) is 5.10 Å². The molecule has 0 unspecified atom stereocenters. The van der Waals surface area contributed by atoms with Crippen LogP contribution in [-0.2, 0) is 20.1 Å². The van der Waals surface area contributed by atoms with Crippen molar-refractivity contribution in [3.05, 3.63) is 33.6 Å². The van der Waals surface area contributed by atoms with Gasteiger partial charge < -0.3 is 5.73 Å². The van der Waals surface area contributed by atoms with Gasteiger partial charge in [-0.1, -0.05) is 16.8 Å². The van der Waals surface area contributed by atoms with Gasteiger partial charge >= 0.3 is 0 Å². The van der Waals surface area contributed by atoms with E-state index in [0.29, 0.717) is 17.6 Å². The fourth-order valence-electron chi connectivity index (χ4n) is 1.94. The molecule has 0 bridgehead atoms. The SMILES string of the molecule is Cn1ncc(-c2cn(Cc3csc(Cl)n3)nn2)c1CN.